The molecule has 0 spiro atoms. The van der Waals surface area contributed by atoms with E-state index in [1.54, 1.807) is 6.20 Å². The fraction of sp³-hybridized carbons (Fsp3) is 0.375. The number of nitrogens with zero attached hydrogens (tertiary/aromatic N) is 1. The Morgan fingerprint density at radius 2 is 2.27 bits per heavy atom. The summed E-state index contributed by atoms with van der Waals surface area (Å²) in [6.45, 7) is 1.42. The summed E-state index contributed by atoms with van der Waals surface area (Å²) in [6, 6.07) is 9.45. The maximum absolute atomic E-state index is 11.8. The van der Waals surface area contributed by atoms with E-state index in [4.69, 9.17) is 4.74 Å². The maximum Gasteiger partial charge on any atom is 0.315 e. The van der Waals surface area contributed by atoms with E-state index < -0.39 is 5.60 Å². The van der Waals surface area contributed by atoms with Crippen molar-refractivity contribution in [1.82, 2.24) is 15.6 Å². The molecule has 6 heteroatoms. The second kappa shape index (κ2) is 6.29. The van der Waals surface area contributed by atoms with E-state index in [0.717, 1.165) is 16.5 Å². The number of aliphatic hydroxyl groups is 1. The molecule has 3 N–H and O–H groups in total. The van der Waals surface area contributed by atoms with Crippen molar-refractivity contribution in [2.75, 3.05) is 19.8 Å². The summed E-state index contributed by atoms with van der Waals surface area (Å²) in [5, 5.41) is 16.6. The number of pyridine rings is 1. The van der Waals surface area contributed by atoms with Gasteiger partial charge in [-0.3, -0.25) is 4.98 Å². The second-order valence-electron chi connectivity index (χ2n) is 5.59. The van der Waals surface area contributed by atoms with E-state index in [0.29, 0.717) is 19.6 Å². The number of fused-ring (bicyclic) bond motifs is 1. The first-order chi connectivity index (χ1) is 10.6. The number of carbonyl (C=O) groups excluding carboxylic acids is 1. The van der Waals surface area contributed by atoms with E-state index in [9.17, 15) is 9.90 Å². The topological polar surface area (TPSA) is 83.5 Å². The standard InChI is InChI=1S/C16H19N3O3/c20-15(19-10-16(21)5-7-22-11-16)18-9-12-3-4-14-13(8-12)2-1-6-17-14/h1-4,6,8,21H,5,7,9-11H2,(H2,18,19,20). The van der Waals surface area contributed by atoms with Crippen LogP contribution >= 0.6 is 0 Å². The maximum atomic E-state index is 11.8. The molecule has 2 aromatic rings. The zero-order valence-corrected chi connectivity index (χ0v) is 12.2. The number of aromatic nitrogens is 1. The van der Waals surface area contributed by atoms with Gasteiger partial charge in [-0.05, 0) is 23.8 Å². The zero-order chi connectivity index (χ0) is 15.4. The van der Waals surface area contributed by atoms with Gasteiger partial charge in [-0.1, -0.05) is 12.1 Å². The summed E-state index contributed by atoms with van der Waals surface area (Å²) in [4.78, 5) is 16.1. The van der Waals surface area contributed by atoms with Crippen LogP contribution in [0.25, 0.3) is 10.9 Å². The molecule has 1 atom stereocenters. The third-order valence-electron chi connectivity index (χ3n) is 3.78. The number of urea groups is 1. The fourth-order valence-electron chi connectivity index (χ4n) is 2.46. The monoisotopic (exact) mass is 301 g/mol. The molecule has 1 fully saturated rings. The van der Waals surface area contributed by atoms with Crippen LogP contribution in [-0.2, 0) is 11.3 Å². The van der Waals surface area contributed by atoms with Crippen molar-refractivity contribution in [3.63, 3.8) is 0 Å². The van der Waals surface area contributed by atoms with Crippen molar-refractivity contribution >= 4 is 16.9 Å². The summed E-state index contributed by atoms with van der Waals surface area (Å²) in [6.07, 6.45) is 2.30. The Morgan fingerprint density at radius 3 is 3.09 bits per heavy atom. The smallest absolute Gasteiger partial charge is 0.315 e. The molecule has 2 amide bonds. The van der Waals surface area contributed by atoms with Crippen molar-refractivity contribution in [2.45, 2.75) is 18.6 Å². The van der Waals surface area contributed by atoms with Crippen molar-refractivity contribution in [3.8, 4) is 0 Å². The molecule has 0 radical (unpaired) electrons. The van der Waals surface area contributed by atoms with E-state index in [-0.39, 0.29) is 19.2 Å². The lowest BCUT2D eigenvalue weighted by atomic mass is 10.0. The molecule has 1 aliphatic heterocycles. The molecule has 1 aliphatic rings. The van der Waals surface area contributed by atoms with Gasteiger partial charge in [-0.25, -0.2) is 4.79 Å². The van der Waals surface area contributed by atoms with Crippen LogP contribution in [0.2, 0.25) is 0 Å². The molecule has 0 saturated carbocycles. The van der Waals surface area contributed by atoms with Gasteiger partial charge in [0.1, 0.15) is 5.60 Å². The number of amides is 2. The molecule has 1 aromatic heterocycles. The van der Waals surface area contributed by atoms with Gasteiger partial charge in [-0.2, -0.15) is 0 Å². The number of rotatable bonds is 4. The van der Waals surface area contributed by atoms with Crippen molar-refractivity contribution < 1.29 is 14.6 Å². The van der Waals surface area contributed by atoms with Crippen LogP contribution in [0.15, 0.2) is 36.5 Å². The molecule has 116 valence electrons. The molecule has 1 saturated heterocycles. The summed E-state index contributed by atoms with van der Waals surface area (Å²) in [5.41, 5.74) is 0.990. The highest BCUT2D eigenvalue weighted by Gasteiger charge is 2.32. The van der Waals surface area contributed by atoms with Gasteiger partial charge in [-0.15, -0.1) is 0 Å². The Balaban J connectivity index is 1.51. The molecular formula is C16H19N3O3. The molecule has 0 aliphatic carbocycles. The van der Waals surface area contributed by atoms with Gasteiger partial charge in [0.25, 0.3) is 0 Å². The highest BCUT2D eigenvalue weighted by atomic mass is 16.5. The van der Waals surface area contributed by atoms with E-state index in [2.05, 4.69) is 15.6 Å². The first-order valence-corrected chi connectivity index (χ1v) is 7.30. The first kappa shape index (κ1) is 14.7. The van der Waals surface area contributed by atoms with Crippen LogP contribution in [0.3, 0.4) is 0 Å². The number of benzene rings is 1. The molecule has 6 nitrogen and oxygen atoms in total. The molecule has 2 heterocycles. The van der Waals surface area contributed by atoms with E-state index in [1.807, 2.05) is 30.3 Å². The zero-order valence-electron chi connectivity index (χ0n) is 12.2. The van der Waals surface area contributed by atoms with Gasteiger partial charge >= 0.3 is 6.03 Å². The van der Waals surface area contributed by atoms with Crippen molar-refractivity contribution in [1.29, 1.82) is 0 Å². The minimum atomic E-state index is -0.939. The highest BCUT2D eigenvalue weighted by Crippen LogP contribution is 2.17. The SMILES string of the molecule is O=C(NCc1ccc2ncccc2c1)NCC1(O)CCOC1. The fourth-order valence-corrected chi connectivity index (χ4v) is 2.46. The van der Waals surface area contributed by atoms with E-state index >= 15 is 0 Å². The van der Waals surface area contributed by atoms with Gasteiger partial charge in [0.05, 0.1) is 18.7 Å². The Bertz CT molecular complexity index is 668. The van der Waals surface area contributed by atoms with Gasteiger partial charge in [0.15, 0.2) is 0 Å². The Kier molecular flexibility index (Phi) is 4.22. The molecular weight excluding hydrogens is 282 g/mol. The summed E-state index contributed by atoms with van der Waals surface area (Å²) < 4.78 is 5.13. The number of ether oxygens (including phenoxy) is 1. The van der Waals surface area contributed by atoms with E-state index in [1.165, 1.54) is 0 Å². The minimum absolute atomic E-state index is 0.195. The number of hydrogen-bond donors (Lipinski definition) is 3. The lowest BCUT2D eigenvalue weighted by molar-refractivity contribution is 0.0292. The lowest BCUT2D eigenvalue weighted by Crippen LogP contribution is -2.46. The molecule has 0 bridgehead atoms. The van der Waals surface area contributed by atoms with Crippen LogP contribution in [0.1, 0.15) is 12.0 Å². The highest BCUT2D eigenvalue weighted by molar-refractivity contribution is 5.79. The Labute approximate surface area is 128 Å². The summed E-state index contributed by atoms with van der Waals surface area (Å²) in [7, 11) is 0. The summed E-state index contributed by atoms with van der Waals surface area (Å²) in [5.74, 6) is 0. The largest absolute Gasteiger partial charge is 0.386 e. The first-order valence-electron chi connectivity index (χ1n) is 7.30. The van der Waals surface area contributed by atoms with Crippen molar-refractivity contribution in [3.05, 3.63) is 42.1 Å². The second-order valence-corrected chi connectivity index (χ2v) is 5.59. The van der Waals surface area contributed by atoms with Gasteiger partial charge < -0.3 is 20.5 Å². The van der Waals surface area contributed by atoms with Crippen LogP contribution in [0.4, 0.5) is 4.79 Å². The predicted octanol–water partition coefficient (Wildman–Crippen LogP) is 1.19. The lowest BCUT2D eigenvalue weighted by Gasteiger charge is -2.20. The Hall–Kier alpha value is -2.18. The third-order valence-corrected chi connectivity index (χ3v) is 3.78. The average molecular weight is 301 g/mol. The summed E-state index contributed by atoms with van der Waals surface area (Å²) >= 11 is 0. The van der Waals surface area contributed by atoms with Crippen LogP contribution in [0.5, 0.6) is 0 Å². The molecule has 1 unspecified atom stereocenters. The quantitative estimate of drug-likeness (QED) is 0.792. The van der Waals surface area contributed by atoms with Crippen LogP contribution in [-0.4, -0.2) is 41.5 Å². The van der Waals surface area contributed by atoms with Gasteiger partial charge in [0, 0.05) is 31.2 Å². The molecule has 1 aromatic carbocycles. The van der Waals surface area contributed by atoms with Crippen LogP contribution in [0, 0.1) is 0 Å². The molecule has 3 rings (SSSR count). The third kappa shape index (κ3) is 3.52. The number of nitrogens with one attached hydrogen (secondary N) is 2. The average Bonchev–Trinajstić information content (AvgIpc) is 2.98. The minimum Gasteiger partial charge on any atom is -0.386 e. The number of hydrogen-bond acceptors (Lipinski definition) is 4. The Morgan fingerprint density at radius 1 is 1.36 bits per heavy atom. The van der Waals surface area contributed by atoms with Gasteiger partial charge in [0.2, 0.25) is 0 Å². The van der Waals surface area contributed by atoms with Crippen LogP contribution < -0.4 is 10.6 Å². The molecule has 22 heavy (non-hydrogen) atoms. The number of carbonyl (C=O) groups is 1. The van der Waals surface area contributed by atoms with Crippen molar-refractivity contribution in [2.24, 2.45) is 0 Å². The normalized spacial score (nSPS) is 21.0. The predicted molar refractivity (Wildman–Crippen MR) is 82.4 cm³/mol.